The minimum absolute atomic E-state index is 0.930. The van der Waals surface area contributed by atoms with Crippen LogP contribution in [0.3, 0.4) is 0 Å². The summed E-state index contributed by atoms with van der Waals surface area (Å²) >= 11 is 1.74. The number of nitrogens with zero attached hydrogens (tertiary/aromatic N) is 2. The Morgan fingerprint density at radius 2 is 2.17 bits per heavy atom. The molecule has 1 aliphatic carbocycles. The van der Waals surface area contributed by atoms with Crippen molar-refractivity contribution in [2.45, 2.75) is 39.0 Å². The zero-order valence-electron chi connectivity index (χ0n) is 10.8. The molecule has 3 rings (SSSR count). The van der Waals surface area contributed by atoms with Crippen LogP contribution in [-0.4, -0.2) is 16.5 Å². The molecular weight excluding hydrogens is 242 g/mol. The van der Waals surface area contributed by atoms with Gasteiger partial charge in [-0.15, -0.1) is 11.3 Å². The van der Waals surface area contributed by atoms with Gasteiger partial charge in [-0.05, 0) is 30.2 Å². The van der Waals surface area contributed by atoms with Crippen LogP contribution >= 0.6 is 11.3 Å². The molecule has 1 fully saturated rings. The van der Waals surface area contributed by atoms with Crippen LogP contribution in [0.4, 0.5) is 5.82 Å². The second kappa shape index (κ2) is 5.22. The van der Waals surface area contributed by atoms with Gasteiger partial charge in [0.05, 0.1) is 10.2 Å². The first-order chi connectivity index (χ1) is 8.84. The molecular formula is C14H19N3S. The number of aromatic nitrogens is 2. The molecule has 0 amide bonds. The Kier molecular flexibility index (Phi) is 3.46. The van der Waals surface area contributed by atoms with Crippen molar-refractivity contribution in [3.8, 4) is 0 Å². The van der Waals surface area contributed by atoms with Gasteiger partial charge in [-0.1, -0.05) is 25.7 Å². The highest BCUT2D eigenvalue weighted by Crippen LogP contribution is 2.30. The monoisotopic (exact) mass is 261 g/mol. The molecule has 0 spiro atoms. The lowest BCUT2D eigenvalue weighted by Crippen LogP contribution is -2.07. The highest BCUT2D eigenvalue weighted by atomic mass is 32.1. The Bertz CT molecular complexity index is 529. The standard InChI is InChI=1S/C14H19N3S/c1-10-8-18-13-12(10)16-9-17-14(13)15-7-6-11-4-2-3-5-11/h8-9,11H,2-7H2,1H3,(H,15,16,17). The van der Waals surface area contributed by atoms with E-state index >= 15 is 0 Å². The lowest BCUT2D eigenvalue weighted by atomic mass is 10.0. The van der Waals surface area contributed by atoms with Crippen LogP contribution in [0.1, 0.15) is 37.7 Å². The normalized spacial score (nSPS) is 16.5. The van der Waals surface area contributed by atoms with E-state index in [1.54, 1.807) is 17.7 Å². The van der Waals surface area contributed by atoms with Gasteiger partial charge in [-0.25, -0.2) is 9.97 Å². The van der Waals surface area contributed by atoms with E-state index < -0.39 is 0 Å². The summed E-state index contributed by atoms with van der Waals surface area (Å²) in [7, 11) is 0. The Morgan fingerprint density at radius 1 is 1.33 bits per heavy atom. The van der Waals surface area contributed by atoms with Crippen molar-refractivity contribution in [2.24, 2.45) is 5.92 Å². The third-order valence-corrected chi connectivity index (χ3v) is 4.94. The van der Waals surface area contributed by atoms with E-state index in [0.29, 0.717) is 0 Å². The van der Waals surface area contributed by atoms with Gasteiger partial charge >= 0.3 is 0 Å². The number of anilines is 1. The van der Waals surface area contributed by atoms with Gasteiger partial charge in [0.15, 0.2) is 0 Å². The highest BCUT2D eigenvalue weighted by molar-refractivity contribution is 7.18. The molecule has 0 unspecified atom stereocenters. The number of nitrogens with one attached hydrogen (secondary N) is 1. The zero-order chi connectivity index (χ0) is 12.4. The van der Waals surface area contributed by atoms with Crippen molar-refractivity contribution in [2.75, 3.05) is 11.9 Å². The molecule has 96 valence electrons. The Morgan fingerprint density at radius 3 is 3.00 bits per heavy atom. The highest BCUT2D eigenvalue weighted by Gasteiger charge is 2.14. The van der Waals surface area contributed by atoms with Crippen molar-refractivity contribution in [3.63, 3.8) is 0 Å². The van der Waals surface area contributed by atoms with Gasteiger partial charge in [-0.2, -0.15) is 0 Å². The Balaban J connectivity index is 1.66. The molecule has 1 aliphatic rings. The number of aryl methyl sites for hydroxylation is 1. The van der Waals surface area contributed by atoms with Crippen molar-refractivity contribution < 1.29 is 0 Å². The third-order valence-electron chi connectivity index (χ3n) is 3.85. The molecule has 1 N–H and O–H groups in total. The number of hydrogen-bond donors (Lipinski definition) is 1. The van der Waals surface area contributed by atoms with Crippen LogP contribution in [0, 0.1) is 12.8 Å². The number of fused-ring (bicyclic) bond motifs is 1. The SMILES string of the molecule is Cc1csc2c(NCCC3CCCC3)ncnc12. The van der Waals surface area contributed by atoms with Crippen LogP contribution in [-0.2, 0) is 0 Å². The van der Waals surface area contributed by atoms with Gasteiger partial charge in [0.25, 0.3) is 0 Å². The van der Waals surface area contributed by atoms with Gasteiger partial charge in [-0.3, -0.25) is 0 Å². The lowest BCUT2D eigenvalue weighted by Gasteiger charge is -2.10. The molecule has 0 saturated heterocycles. The zero-order valence-corrected chi connectivity index (χ0v) is 11.6. The number of rotatable bonds is 4. The van der Waals surface area contributed by atoms with Crippen LogP contribution < -0.4 is 5.32 Å². The van der Waals surface area contributed by atoms with Crippen molar-refractivity contribution in [1.29, 1.82) is 0 Å². The molecule has 0 bridgehead atoms. The number of hydrogen-bond acceptors (Lipinski definition) is 4. The summed E-state index contributed by atoms with van der Waals surface area (Å²) in [6.45, 7) is 3.14. The predicted octanol–water partition coefficient (Wildman–Crippen LogP) is 3.99. The molecule has 3 nitrogen and oxygen atoms in total. The minimum atomic E-state index is 0.930. The molecule has 2 aromatic heterocycles. The fourth-order valence-corrected chi connectivity index (χ4v) is 3.76. The molecule has 2 heterocycles. The van der Waals surface area contributed by atoms with E-state index in [9.17, 15) is 0 Å². The summed E-state index contributed by atoms with van der Waals surface area (Å²) in [5, 5.41) is 5.64. The lowest BCUT2D eigenvalue weighted by molar-refractivity contribution is 0.518. The fourth-order valence-electron chi connectivity index (χ4n) is 2.79. The van der Waals surface area contributed by atoms with Gasteiger partial charge < -0.3 is 5.32 Å². The van der Waals surface area contributed by atoms with E-state index in [-0.39, 0.29) is 0 Å². The Labute approximate surface area is 112 Å². The van der Waals surface area contributed by atoms with E-state index in [0.717, 1.165) is 23.8 Å². The smallest absolute Gasteiger partial charge is 0.147 e. The summed E-state index contributed by atoms with van der Waals surface area (Å²) in [6, 6.07) is 0. The van der Waals surface area contributed by atoms with Crippen molar-refractivity contribution >= 4 is 27.4 Å². The van der Waals surface area contributed by atoms with Crippen LogP contribution in [0.15, 0.2) is 11.7 Å². The number of thiophene rings is 1. The minimum Gasteiger partial charge on any atom is -0.369 e. The summed E-state index contributed by atoms with van der Waals surface area (Å²) in [6.07, 6.45) is 8.62. The van der Waals surface area contributed by atoms with Gasteiger partial charge in [0, 0.05) is 6.54 Å². The molecule has 1 saturated carbocycles. The predicted molar refractivity (Wildman–Crippen MR) is 77.2 cm³/mol. The first-order valence-electron chi connectivity index (χ1n) is 6.77. The van der Waals surface area contributed by atoms with Crippen molar-refractivity contribution in [3.05, 3.63) is 17.3 Å². The third kappa shape index (κ3) is 2.34. The second-order valence-electron chi connectivity index (χ2n) is 5.18. The summed E-state index contributed by atoms with van der Waals surface area (Å²) < 4.78 is 1.20. The molecule has 0 atom stereocenters. The van der Waals surface area contributed by atoms with Crippen LogP contribution in [0.2, 0.25) is 0 Å². The maximum Gasteiger partial charge on any atom is 0.147 e. The fraction of sp³-hybridized carbons (Fsp3) is 0.571. The summed E-state index contributed by atoms with van der Waals surface area (Å²) in [4.78, 5) is 8.72. The molecule has 0 aromatic carbocycles. The van der Waals surface area contributed by atoms with Gasteiger partial charge in [0.2, 0.25) is 0 Å². The summed E-state index contributed by atoms with van der Waals surface area (Å²) in [5.41, 5.74) is 2.34. The molecule has 18 heavy (non-hydrogen) atoms. The van der Waals surface area contributed by atoms with E-state index in [2.05, 4.69) is 27.6 Å². The quantitative estimate of drug-likeness (QED) is 0.904. The van der Waals surface area contributed by atoms with E-state index in [1.807, 2.05) is 0 Å². The van der Waals surface area contributed by atoms with Crippen LogP contribution in [0.5, 0.6) is 0 Å². The molecule has 4 heteroatoms. The molecule has 0 radical (unpaired) electrons. The molecule has 0 aliphatic heterocycles. The summed E-state index contributed by atoms with van der Waals surface area (Å²) in [5.74, 6) is 1.94. The Hall–Kier alpha value is -1.16. The first kappa shape index (κ1) is 11.9. The maximum atomic E-state index is 4.37. The second-order valence-corrected chi connectivity index (χ2v) is 6.06. The maximum absolute atomic E-state index is 4.37. The topological polar surface area (TPSA) is 37.8 Å². The van der Waals surface area contributed by atoms with Crippen molar-refractivity contribution in [1.82, 2.24) is 9.97 Å². The van der Waals surface area contributed by atoms with Crippen LogP contribution in [0.25, 0.3) is 10.2 Å². The largest absolute Gasteiger partial charge is 0.369 e. The average molecular weight is 261 g/mol. The average Bonchev–Trinajstić information content (AvgIpc) is 3.01. The van der Waals surface area contributed by atoms with E-state index in [1.165, 1.54) is 42.4 Å². The first-order valence-corrected chi connectivity index (χ1v) is 7.65. The van der Waals surface area contributed by atoms with Gasteiger partial charge in [0.1, 0.15) is 12.1 Å². The molecule has 2 aromatic rings. The van der Waals surface area contributed by atoms with E-state index in [4.69, 9.17) is 0 Å².